The van der Waals surface area contributed by atoms with E-state index in [2.05, 4.69) is 5.32 Å². The molecule has 2 rings (SSSR count). The minimum atomic E-state index is -0.916. The second-order valence-electron chi connectivity index (χ2n) is 5.46. The molecule has 2 N–H and O–H groups in total. The summed E-state index contributed by atoms with van der Waals surface area (Å²) in [6.45, 7) is 0. The molecule has 18 heavy (non-hydrogen) atoms. The van der Waals surface area contributed by atoms with Crippen LogP contribution in [0, 0.1) is 17.8 Å². The summed E-state index contributed by atoms with van der Waals surface area (Å²) in [4.78, 5) is 23.2. The lowest BCUT2D eigenvalue weighted by Crippen LogP contribution is -2.45. The van der Waals surface area contributed by atoms with Crippen molar-refractivity contribution in [2.45, 2.75) is 38.1 Å². The Kier molecular flexibility index (Phi) is 4.54. The SMILES string of the molecule is CSCCC(NC(=O)C1CC2CCC1C2)C(=O)O. The number of carbonyl (C=O) groups is 2. The van der Waals surface area contributed by atoms with Crippen molar-refractivity contribution in [2.24, 2.45) is 17.8 Å². The van der Waals surface area contributed by atoms with Gasteiger partial charge >= 0.3 is 5.97 Å². The Morgan fingerprint density at radius 2 is 2.17 bits per heavy atom. The molecule has 5 heteroatoms. The van der Waals surface area contributed by atoms with E-state index >= 15 is 0 Å². The molecule has 2 fully saturated rings. The van der Waals surface area contributed by atoms with Gasteiger partial charge in [0.2, 0.25) is 5.91 Å². The van der Waals surface area contributed by atoms with Gasteiger partial charge < -0.3 is 10.4 Å². The average Bonchev–Trinajstić information content (AvgIpc) is 2.95. The van der Waals surface area contributed by atoms with E-state index < -0.39 is 12.0 Å². The summed E-state index contributed by atoms with van der Waals surface area (Å²) in [6, 6.07) is -0.718. The third-order valence-corrected chi connectivity index (χ3v) is 4.94. The van der Waals surface area contributed by atoms with Gasteiger partial charge in [-0.15, -0.1) is 0 Å². The van der Waals surface area contributed by atoms with Crippen LogP contribution in [0.1, 0.15) is 32.1 Å². The number of carbonyl (C=O) groups excluding carboxylic acids is 1. The summed E-state index contributed by atoms with van der Waals surface area (Å²) in [7, 11) is 0. The van der Waals surface area contributed by atoms with Gasteiger partial charge in [-0.3, -0.25) is 4.79 Å². The second-order valence-corrected chi connectivity index (χ2v) is 6.45. The molecule has 0 aromatic carbocycles. The fourth-order valence-corrected chi connectivity index (χ4v) is 3.81. The molecule has 2 aliphatic rings. The highest BCUT2D eigenvalue weighted by Gasteiger charge is 2.43. The van der Waals surface area contributed by atoms with Gasteiger partial charge in [-0.05, 0) is 49.5 Å². The number of thioether (sulfide) groups is 1. The molecule has 4 nitrogen and oxygen atoms in total. The van der Waals surface area contributed by atoms with Gasteiger partial charge in [-0.25, -0.2) is 4.79 Å². The number of carboxylic acids is 1. The van der Waals surface area contributed by atoms with Gasteiger partial charge in [0.25, 0.3) is 0 Å². The Bertz CT molecular complexity index is 334. The van der Waals surface area contributed by atoms with Crippen LogP contribution in [0.4, 0.5) is 0 Å². The summed E-state index contributed by atoms with van der Waals surface area (Å²) < 4.78 is 0. The van der Waals surface area contributed by atoms with Crippen LogP contribution in [0.25, 0.3) is 0 Å². The highest BCUT2D eigenvalue weighted by molar-refractivity contribution is 7.98. The standard InChI is InChI=1S/C13H21NO3S/c1-18-5-4-11(13(16)17)14-12(15)10-7-8-2-3-9(10)6-8/h8-11H,2-7H2,1H3,(H,14,15)(H,16,17). The third-order valence-electron chi connectivity index (χ3n) is 4.30. The fraction of sp³-hybridized carbons (Fsp3) is 0.846. The van der Waals surface area contributed by atoms with Crippen LogP contribution in [0.15, 0.2) is 0 Å². The highest BCUT2D eigenvalue weighted by atomic mass is 32.2. The Morgan fingerprint density at radius 3 is 2.67 bits per heavy atom. The molecule has 0 aliphatic heterocycles. The average molecular weight is 271 g/mol. The van der Waals surface area contributed by atoms with E-state index in [9.17, 15) is 9.59 Å². The summed E-state index contributed by atoms with van der Waals surface area (Å²) in [5.41, 5.74) is 0. The van der Waals surface area contributed by atoms with Crippen molar-refractivity contribution in [1.29, 1.82) is 0 Å². The highest BCUT2D eigenvalue weighted by Crippen LogP contribution is 2.48. The van der Waals surface area contributed by atoms with Crippen LogP contribution in [0.5, 0.6) is 0 Å². The van der Waals surface area contributed by atoms with E-state index in [-0.39, 0.29) is 11.8 Å². The van der Waals surface area contributed by atoms with Crippen molar-refractivity contribution in [2.75, 3.05) is 12.0 Å². The van der Waals surface area contributed by atoms with Crippen molar-refractivity contribution in [3.05, 3.63) is 0 Å². The van der Waals surface area contributed by atoms with E-state index in [1.807, 2.05) is 6.26 Å². The minimum Gasteiger partial charge on any atom is -0.480 e. The van der Waals surface area contributed by atoms with E-state index in [1.165, 1.54) is 12.8 Å². The zero-order valence-corrected chi connectivity index (χ0v) is 11.5. The lowest BCUT2D eigenvalue weighted by Gasteiger charge is -2.23. The van der Waals surface area contributed by atoms with Crippen LogP contribution in [-0.4, -0.2) is 35.0 Å². The smallest absolute Gasteiger partial charge is 0.326 e. The monoisotopic (exact) mass is 271 g/mol. The summed E-state index contributed by atoms with van der Waals surface area (Å²) in [5, 5.41) is 11.8. The molecular formula is C13H21NO3S. The first-order valence-electron chi connectivity index (χ1n) is 6.64. The predicted octanol–water partition coefficient (Wildman–Crippen LogP) is 1.75. The molecule has 102 valence electrons. The number of hydrogen-bond acceptors (Lipinski definition) is 3. The second kappa shape index (κ2) is 5.95. The first kappa shape index (κ1) is 13.7. The summed E-state index contributed by atoms with van der Waals surface area (Å²) >= 11 is 1.60. The number of amides is 1. The molecule has 0 aromatic heterocycles. The minimum absolute atomic E-state index is 0.0318. The molecule has 0 radical (unpaired) electrons. The Balaban J connectivity index is 1.86. The molecular weight excluding hydrogens is 250 g/mol. The molecule has 4 unspecified atom stereocenters. The molecule has 2 saturated carbocycles. The predicted molar refractivity (Wildman–Crippen MR) is 71.5 cm³/mol. The van der Waals surface area contributed by atoms with Crippen molar-refractivity contribution < 1.29 is 14.7 Å². The largest absolute Gasteiger partial charge is 0.480 e. The maximum atomic E-state index is 12.1. The molecule has 0 heterocycles. The van der Waals surface area contributed by atoms with E-state index in [0.29, 0.717) is 18.3 Å². The number of fused-ring (bicyclic) bond motifs is 2. The fourth-order valence-electron chi connectivity index (χ4n) is 3.34. The molecule has 0 spiro atoms. The zero-order chi connectivity index (χ0) is 13.1. The van der Waals surface area contributed by atoms with E-state index in [0.717, 1.165) is 18.6 Å². The van der Waals surface area contributed by atoms with Crippen LogP contribution in [0.2, 0.25) is 0 Å². The van der Waals surface area contributed by atoms with Crippen LogP contribution >= 0.6 is 11.8 Å². The number of carboxylic acid groups (broad SMARTS) is 1. The van der Waals surface area contributed by atoms with Crippen LogP contribution < -0.4 is 5.32 Å². The van der Waals surface area contributed by atoms with E-state index in [1.54, 1.807) is 11.8 Å². The van der Waals surface area contributed by atoms with Gasteiger partial charge in [0.15, 0.2) is 0 Å². The van der Waals surface area contributed by atoms with Crippen molar-refractivity contribution >= 4 is 23.6 Å². The molecule has 2 aliphatic carbocycles. The number of rotatable bonds is 6. The Labute approximate surface area is 112 Å². The van der Waals surface area contributed by atoms with Gasteiger partial charge in [0.1, 0.15) is 6.04 Å². The topological polar surface area (TPSA) is 66.4 Å². The first-order chi connectivity index (χ1) is 8.61. The Morgan fingerprint density at radius 1 is 1.39 bits per heavy atom. The quantitative estimate of drug-likeness (QED) is 0.772. The maximum absolute atomic E-state index is 12.1. The normalized spacial score (nSPS) is 31.3. The van der Waals surface area contributed by atoms with Crippen molar-refractivity contribution in [3.8, 4) is 0 Å². The zero-order valence-electron chi connectivity index (χ0n) is 10.7. The lowest BCUT2D eigenvalue weighted by atomic mass is 9.88. The van der Waals surface area contributed by atoms with Gasteiger partial charge in [-0.1, -0.05) is 6.42 Å². The molecule has 0 aromatic rings. The molecule has 4 atom stereocenters. The number of nitrogens with one attached hydrogen (secondary N) is 1. The molecule has 0 saturated heterocycles. The van der Waals surface area contributed by atoms with Crippen molar-refractivity contribution in [1.82, 2.24) is 5.32 Å². The summed E-state index contributed by atoms with van der Waals surface area (Å²) in [5.74, 6) is 1.09. The van der Waals surface area contributed by atoms with Crippen LogP contribution in [0.3, 0.4) is 0 Å². The molecule has 2 bridgehead atoms. The van der Waals surface area contributed by atoms with Gasteiger partial charge in [0.05, 0.1) is 0 Å². The van der Waals surface area contributed by atoms with Gasteiger partial charge in [-0.2, -0.15) is 11.8 Å². The summed E-state index contributed by atoms with van der Waals surface area (Å²) in [6.07, 6.45) is 6.97. The Hall–Kier alpha value is -0.710. The molecule has 1 amide bonds. The third kappa shape index (κ3) is 2.99. The van der Waals surface area contributed by atoms with Crippen molar-refractivity contribution in [3.63, 3.8) is 0 Å². The number of hydrogen-bond donors (Lipinski definition) is 2. The maximum Gasteiger partial charge on any atom is 0.326 e. The lowest BCUT2D eigenvalue weighted by molar-refractivity contribution is -0.142. The first-order valence-corrected chi connectivity index (χ1v) is 8.03. The van der Waals surface area contributed by atoms with Gasteiger partial charge in [0, 0.05) is 5.92 Å². The van der Waals surface area contributed by atoms with E-state index in [4.69, 9.17) is 5.11 Å². The van der Waals surface area contributed by atoms with Crippen LogP contribution in [-0.2, 0) is 9.59 Å². The number of aliphatic carboxylic acids is 1.